The third kappa shape index (κ3) is 24.8. The second-order valence-corrected chi connectivity index (χ2v) is 10.3. The standard InChI is InChI=1S/C34H59NO4/c1-3-5-7-9-11-13-15-17-19-20-22-24-26-28-32(37)31(30-36)35-34(39)33(38)29-27-25-23-21-18-16-14-12-10-8-6-4-2/h11,13,18-21,25-28,31-33,36-38H,3-10,12,14-17,22-24,29-30H2,1-2H3,(H,35,39)/b13-11+,20-19+,21-18-,27-25-,28-26+. The van der Waals surface area contributed by atoms with Gasteiger partial charge in [0.15, 0.2) is 0 Å². The molecule has 4 N–H and O–H groups in total. The molecule has 0 bridgehead atoms. The maximum absolute atomic E-state index is 12.3. The van der Waals surface area contributed by atoms with Gasteiger partial charge in [-0.15, -0.1) is 0 Å². The highest BCUT2D eigenvalue weighted by Crippen LogP contribution is 2.08. The van der Waals surface area contributed by atoms with E-state index in [1.165, 1.54) is 64.2 Å². The molecule has 0 fully saturated rings. The Balaban J connectivity index is 4.04. The SMILES string of the molecule is CCCCC/C=C/CC/C=C/CC/C=C/C(O)C(CO)NC(=O)C(O)C/C=C\C/C=C\CCCCCCCC. The molecule has 0 aromatic carbocycles. The van der Waals surface area contributed by atoms with E-state index >= 15 is 0 Å². The molecule has 0 saturated carbocycles. The van der Waals surface area contributed by atoms with Gasteiger partial charge in [-0.1, -0.05) is 120 Å². The summed E-state index contributed by atoms with van der Waals surface area (Å²) in [4.78, 5) is 12.3. The number of aliphatic hydroxyl groups is 3. The van der Waals surface area contributed by atoms with Crippen LogP contribution in [0, 0.1) is 0 Å². The Morgan fingerprint density at radius 1 is 0.641 bits per heavy atom. The molecule has 0 rings (SSSR count). The van der Waals surface area contributed by atoms with Crippen LogP contribution in [0.1, 0.15) is 123 Å². The number of allylic oxidation sites excluding steroid dienone is 8. The predicted octanol–water partition coefficient (Wildman–Crippen LogP) is 7.64. The topological polar surface area (TPSA) is 89.8 Å². The maximum Gasteiger partial charge on any atom is 0.249 e. The highest BCUT2D eigenvalue weighted by molar-refractivity contribution is 5.81. The molecule has 224 valence electrons. The molecular formula is C34H59NO4. The van der Waals surface area contributed by atoms with Gasteiger partial charge in [-0.3, -0.25) is 4.79 Å². The van der Waals surface area contributed by atoms with Crippen molar-refractivity contribution in [1.29, 1.82) is 0 Å². The third-order valence-corrected chi connectivity index (χ3v) is 6.57. The second kappa shape index (κ2) is 29.0. The summed E-state index contributed by atoms with van der Waals surface area (Å²) in [5.74, 6) is -0.591. The van der Waals surface area contributed by atoms with Gasteiger partial charge in [0.25, 0.3) is 0 Å². The van der Waals surface area contributed by atoms with Crippen LogP contribution in [0.4, 0.5) is 0 Å². The molecule has 39 heavy (non-hydrogen) atoms. The number of carbonyl (C=O) groups excluding carboxylic acids is 1. The first-order valence-corrected chi connectivity index (χ1v) is 15.6. The zero-order valence-corrected chi connectivity index (χ0v) is 25.0. The largest absolute Gasteiger partial charge is 0.394 e. The molecule has 3 unspecified atom stereocenters. The monoisotopic (exact) mass is 545 g/mol. The van der Waals surface area contributed by atoms with Crippen molar-refractivity contribution in [2.45, 2.75) is 141 Å². The molecule has 5 nitrogen and oxygen atoms in total. The number of amides is 1. The Bertz CT molecular complexity index is 695. The summed E-state index contributed by atoms with van der Waals surface area (Å²) in [6.45, 7) is 4.04. The fourth-order valence-electron chi connectivity index (χ4n) is 4.02. The summed E-state index contributed by atoms with van der Waals surface area (Å²) in [6, 6.07) is -0.850. The fourth-order valence-corrected chi connectivity index (χ4v) is 4.02. The van der Waals surface area contributed by atoms with Crippen LogP contribution in [0.15, 0.2) is 60.8 Å². The van der Waals surface area contributed by atoms with Crippen molar-refractivity contribution in [3.63, 3.8) is 0 Å². The Labute approximate surface area is 239 Å². The smallest absolute Gasteiger partial charge is 0.249 e. The number of aliphatic hydroxyl groups excluding tert-OH is 3. The van der Waals surface area contributed by atoms with E-state index in [2.05, 4.69) is 55.6 Å². The van der Waals surface area contributed by atoms with Crippen LogP contribution in [0.3, 0.4) is 0 Å². The van der Waals surface area contributed by atoms with Crippen LogP contribution in [0.2, 0.25) is 0 Å². The van der Waals surface area contributed by atoms with Crippen LogP contribution in [-0.2, 0) is 4.79 Å². The Hall–Kier alpha value is -1.95. The molecule has 1 amide bonds. The minimum absolute atomic E-state index is 0.197. The van der Waals surface area contributed by atoms with Crippen molar-refractivity contribution >= 4 is 5.91 Å². The zero-order chi connectivity index (χ0) is 28.8. The van der Waals surface area contributed by atoms with Crippen molar-refractivity contribution in [2.75, 3.05) is 6.61 Å². The van der Waals surface area contributed by atoms with Crippen molar-refractivity contribution in [2.24, 2.45) is 0 Å². The molecule has 0 aliphatic rings. The summed E-state index contributed by atoms with van der Waals surface area (Å²) < 4.78 is 0. The van der Waals surface area contributed by atoms with Crippen molar-refractivity contribution in [3.8, 4) is 0 Å². The summed E-state index contributed by atoms with van der Waals surface area (Å²) in [5.41, 5.74) is 0. The summed E-state index contributed by atoms with van der Waals surface area (Å²) in [6.07, 6.45) is 36.7. The van der Waals surface area contributed by atoms with Crippen LogP contribution >= 0.6 is 0 Å². The average molecular weight is 546 g/mol. The molecule has 0 heterocycles. The molecule has 0 aliphatic heterocycles. The van der Waals surface area contributed by atoms with Gasteiger partial charge < -0.3 is 20.6 Å². The van der Waals surface area contributed by atoms with Gasteiger partial charge in [0.1, 0.15) is 6.10 Å². The normalized spacial score (nSPS) is 14.9. The number of hydrogen-bond donors (Lipinski definition) is 4. The quantitative estimate of drug-likeness (QED) is 0.0664. The highest BCUT2D eigenvalue weighted by atomic mass is 16.3. The van der Waals surface area contributed by atoms with E-state index in [-0.39, 0.29) is 6.42 Å². The van der Waals surface area contributed by atoms with Gasteiger partial charge in [0.05, 0.1) is 18.8 Å². The molecule has 0 radical (unpaired) electrons. The van der Waals surface area contributed by atoms with Gasteiger partial charge in [-0.25, -0.2) is 0 Å². The van der Waals surface area contributed by atoms with Gasteiger partial charge >= 0.3 is 0 Å². The second-order valence-electron chi connectivity index (χ2n) is 10.3. The fraction of sp³-hybridized carbons (Fsp3) is 0.676. The first-order chi connectivity index (χ1) is 19.1. The number of hydrogen-bond acceptors (Lipinski definition) is 4. The van der Waals surface area contributed by atoms with E-state index < -0.39 is 30.8 Å². The summed E-state index contributed by atoms with van der Waals surface area (Å²) in [7, 11) is 0. The summed E-state index contributed by atoms with van der Waals surface area (Å²) >= 11 is 0. The van der Waals surface area contributed by atoms with Gasteiger partial charge in [0, 0.05) is 6.42 Å². The highest BCUT2D eigenvalue weighted by Gasteiger charge is 2.22. The lowest BCUT2D eigenvalue weighted by Crippen LogP contribution is -2.48. The Morgan fingerprint density at radius 3 is 1.77 bits per heavy atom. The lowest BCUT2D eigenvalue weighted by atomic mass is 10.1. The van der Waals surface area contributed by atoms with E-state index in [1.807, 2.05) is 12.2 Å². The van der Waals surface area contributed by atoms with Crippen molar-refractivity contribution < 1.29 is 20.1 Å². The van der Waals surface area contributed by atoms with Crippen LogP contribution in [0.5, 0.6) is 0 Å². The van der Waals surface area contributed by atoms with E-state index in [4.69, 9.17) is 0 Å². The first-order valence-electron chi connectivity index (χ1n) is 15.6. The zero-order valence-electron chi connectivity index (χ0n) is 25.0. The summed E-state index contributed by atoms with van der Waals surface area (Å²) in [5, 5.41) is 32.6. The van der Waals surface area contributed by atoms with E-state index in [9.17, 15) is 20.1 Å². The van der Waals surface area contributed by atoms with Crippen molar-refractivity contribution in [3.05, 3.63) is 60.8 Å². The molecule has 0 aliphatic carbocycles. The number of unbranched alkanes of at least 4 members (excludes halogenated alkanes) is 11. The Morgan fingerprint density at radius 2 is 1.13 bits per heavy atom. The van der Waals surface area contributed by atoms with Crippen LogP contribution in [-0.4, -0.2) is 46.1 Å². The molecule has 3 atom stereocenters. The molecule has 0 saturated heterocycles. The van der Waals surface area contributed by atoms with Crippen LogP contribution < -0.4 is 5.32 Å². The van der Waals surface area contributed by atoms with E-state index in [1.54, 1.807) is 12.2 Å². The lowest BCUT2D eigenvalue weighted by molar-refractivity contribution is -0.131. The van der Waals surface area contributed by atoms with E-state index in [0.717, 1.165) is 38.5 Å². The molecule has 0 aromatic rings. The van der Waals surface area contributed by atoms with Crippen molar-refractivity contribution in [1.82, 2.24) is 5.32 Å². The molecule has 0 spiro atoms. The van der Waals surface area contributed by atoms with Gasteiger partial charge in [-0.05, 0) is 57.8 Å². The third-order valence-electron chi connectivity index (χ3n) is 6.57. The lowest BCUT2D eigenvalue weighted by Gasteiger charge is -2.21. The van der Waals surface area contributed by atoms with Gasteiger partial charge in [-0.2, -0.15) is 0 Å². The van der Waals surface area contributed by atoms with Gasteiger partial charge in [0.2, 0.25) is 5.91 Å². The first kappa shape index (κ1) is 37.0. The minimum Gasteiger partial charge on any atom is -0.394 e. The predicted molar refractivity (Wildman–Crippen MR) is 167 cm³/mol. The molecule has 0 aromatic heterocycles. The van der Waals surface area contributed by atoms with E-state index in [0.29, 0.717) is 0 Å². The van der Waals surface area contributed by atoms with Crippen LogP contribution in [0.25, 0.3) is 0 Å². The average Bonchev–Trinajstić information content (AvgIpc) is 2.94. The minimum atomic E-state index is -1.21. The number of nitrogens with one attached hydrogen (secondary N) is 1. The number of rotatable bonds is 26. The Kier molecular flexibility index (Phi) is 27.6. The molecule has 5 heteroatoms. The maximum atomic E-state index is 12.3. The molecular weight excluding hydrogens is 486 g/mol. The number of carbonyl (C=O) groups is 1.